The molecular weight excluding hydrogens is 232 g/mol. The van der Waals surface area contributed by atoms with E-state index in [1.807, 2.05) is 19.2 Å². The van der Waals surface area contributed by atoms with Gasteiger partial charge >= 0.3 is 0 Å². The molecule has 1 aromatic heterocycles. The van der Waals surface area contributed by atoms with E-state index in [-0.39, 0.29) is 5.75 Å². The number of sulfonamides is 1. The number of nitrogens with zero attached hydrogens (tertiary/aromatic N) is 2. The highest BCUT2D eigenvalue weighted by Gasteiger charge is 2.19. The largest absolute Gasteiger partial charge is 0.248 e. The maximum atomic E-state index is 11.8. The molecule has 0 aliphatic carbocycles. The van der Waals surface area contributed by atoms with Gasteiger partial charge < -0.3 is 0 Å². The van der Waals surface area contributed by atoms with Crippen LogP contribution in [0.15, 0.2) is 5.38 Å². The summed E-state index contributed by atoms with van der Waals surface area (Å²) in [5.41, 5.74) is 0.854. The number of hydrogen-bond acceptors (Lipinski definition) is 4. The molecule has 0 aliphatic heterocycles. The first-order valence-corrected chi connectivity index (χ1v) is 7.35. The molecule has 1 heterocycles. The molecule has 0 radical (unpaired) electrons. The summed E-state index contributed by atoms with van der Waals surface area (Å²) in [6.45, 7) is 3.83. The Morgan fingerprint density at radius 1 is 1.53 bits per heavy atom. The van der Waals surface area contributed by atoms with Crippen molar-refractivity contribution in [1.29, 1.82) is 0 Å². The van der Waals surface area contributed by atoms with Crippen molar-refractivity contribution in [2.24, 2.45) is 0 Å². The molecule has 0 atom stereocenters. The fourth-order valence-electron chi connectivity index (χ4n) is 1.07. The Hall–Kier alpha value is -0.620. The van der Waals surface area contributed by atoms with Gasteiger partial charge in [0.05, 0.1) is 11.4 Å². The first-order valence-electron chi connectivity index (χ1n) is 4.86. The van der Waals surface area contributed by atoms with Gasteiger partial charge in [0.15, 0.2) is 5.13 Å². The minimum atomic E-state index is -3.18. The van der Waals surface area contributed by atoms with Crippen molar-refractivity contribution in [3.05, 3.63) is 11.1 Å². The zero-order valence-electron chi connectivity index (χ0n) is 9.23. The van der Waals surface area contributed by atoms with Crippen LogP contribution in [0.2, 0.25) is 0 Å². The predicted octanol–water partition coefficient (Wildman–Crippen LogP) is 2.02. The molecule has 0 aromatic carbocycles. The van der Waals surface area contributed by atoms with Gasteiger partial charge in [-0.2, -0.15) is 0 Å². The quantitative estimate of drug-likeness (QED) is 0.801. The molecule has 1 rings (SSSR count). The van der Waals surface area contributed by atoms with Gasteiger partial charge in [-0.05, 0) is 13.3 Å². The van der Waals surface area contributed by atoms with Crippen molar-refractivity contribution in [1.82, 2.24) is 4.98 Å². The average molecular weight is 248 g/mol. The van der Waals surface area contributed by atoms with Crippen molar-refractivity contribution >= 4 is 26.5 Å². The Balaban J connectivity index is 2.79. The number of anilines is 1. The van der Waals surface area contributed by atoms with Gasteiger partial charge in [0.2, 0.25) is 10.0 Å². The fraction of sp³-hybridized carbons (Fsp3) is 0.667. The Bertz CT molecular complexity index is 412. The first-order chi connectivity index (χ1) is 6.97. The van der Waals surface area contributed by atoms with Gasteiger partial charge in [-0.3, -0.25) is 0 Å². The molecule has 0 amide bonds. The molecular formula is C9H16N2O2S2. The number of hydrogen-bond donors (Lipinski definition) is 0. The lowest BCUT2D eigenvalue weighted by atomic mass is 10.4. The van der Waals surface area contributed by atoms with Crippen molar-refractivity contribution < 1.29 is 8.42 Å². The van der Waals surface area contributed by atoms with Gasteiger partial charge in [0, 0.05) is 12.4 Å². The molecule has 0 aliphatic rings. The molecule has 86 valence electrons. The van der Waals surface area contributed by atoms with Crippen LogP contribution in [0.1, 0.15) is 25.5 Å². The Morgan fingerprint density at radius 3 is 2.67 bits per heavy atom. The number of aromatic nitrogens is 1. The predicted molar refractivity (Wildman–Crippen MR) is 63.9 cm³/mol. The Labute approximate surface area is 95.0 Å². The third-order valence-electron chi connectivity index (χ3n) is 2.05. The molecule has 0 saturated carbocycles. The SMILES string of the molecule is CCCCS(=O)(=O)N(C)c1nc(C)cs1. The average Bonchev–Trinajstić information content (AvgIpc) is 2.60. The summed E-state index contributed by atoms with van der Waals surface area (Å²) in [5, 5.41) is 2.39. The van der Waals surface area contributed by atoms with E-state index >= 15 is 0 Å². The van der Waals surface area contributed by atoms with E-state index in [0.717, 1.165) is 12.1 Å². The van der Waals surface area contributed by atoms with E-state index in [0.29, 0.717) is 11.6 Å². The van der Waals surface area contributed by atoms with Crippen LogP contribution in [0.5, 0.6) is 0 Å². The highest BCUT2D eigenvalue weighted by atomic mass is 32.2. The van der Waals surface area contributed by atoms with Gasteiger partial charge in [0.1, 0.15) is 0 Å². The third-order valence-corrected chi connectivity index (χ3v) is 5.01. The highest BCUT2D eigenvalue weighted by Crippen LogP contribution is 2.21. The van der Waals surface area contributed by atoms with E-state index in [9.17, 15) is 8.42 Å². The van der Waals surface area contributed by atoms with Crippen LogP contribution in [-0.2, 0) is 10.0 Å². The number of rotatable bonds is 5. The maximum absolute atomic E-state index is 11.8. The molecule has 0 bridgehead atoms. The van der Waals surface area contributed by atoms with Crippen molar-refractivity contribution in [2.75, 3.05) is 17.1 Å². The lowest BCUT2D eigenvalue weighted by Gasteiger charge is -2.15. The highest BCUT2D eigenvalue weighted by molar-refractivity contribution is 7.92. The number of aryl methyl sites for hydroxylation is 1. The lowest BCUT2D eigenvalue weighted by molar-refractivity contribution is 0.591. The minimum absolute atomic E-state index is 0.193. The summed E-state index contributed by atoms with van der Waals surface area (Å²) >= 11 is 1.35. The van der Waals surface area contributed by atoms with Gasteiger partial charge in [0.25, 0.3) is 0 Å². The second-order valence-corrected chi connectivity index (χ2v) is 6.36. The first kappa shape index (κ1) is 12.4. The van der Waals surface area contributed by atoms with E-state index in [1.165, 1.54) is 15.6 Å². The Morgan fingerprint density at radius 2 is 2.20 bits per heavy atom. The molecule has 4 nitrogen and oxygen atoms in total. The van der Waals surface area contributed by atoms with E-state index in [2.05, 4.69) is 4.98 Å². The molecule has 0 saturated heterocycles. The zero-order chi connectivity index (χ0) is 11.5. The lowest BCUT2D eigenvalue weighted by Crippen LogP contribution is -2.28. The standard InChI is InChI=1S/C9H16N2O2S2/c1-4-5-6-15(12,13)11(3)9-10-8(2)7-14-9/h7H,4-6H2,1-3H3. The third kappa shape index (κ3) is 3.17. The summed E-state index contributed by atoms with van der Waals surface area (Å²) in [6, 6.07) is 0. The number of thiazole rings is 1. The summed E-state index contributed by atoms with van der Waals surface area (Å²) < 4.78 is 24.9. The van der Waals surface area contributed by atoms with Crippen LogP contribution in [0.25, 0.3) is 0 Å². The summed E-state index contributed by atoms with van der Waals surface area (Å²) in [7, 11) is -1.62. The van der Waals surface area contributed by atoms with Crippen LogP contribution in [0.4, 0.5) is 5.13 Å². The summed E-state index contributed by atoms with van der Waals surface area (Å²) in [4.78, 5) is 4.15. The Kier molecular flexibility index (Phi) is 4.10. The molecule has 0 unspecified atom stereocenters. The molecule has 0 N–H and O–H groups in total. The second kappa shape index (κ2) is 4.94. The topological polar surface area (TPSA) is 50.3 Å². The fourth-order valence-corrected chi connectivity index (χ4v) is 3.42. The minimum Gasteiger partial charge on any atom is -0.248 e. The normalized spacial score (nSPS) is 11.7. The van der Waals surface area contributed by atoms with E-state index in [4.69, 9.17) is 0 Å². The molecule has 6 heteroatoms. The van der Waals surface area contributed by atoms with Gasteiger partial charge in [-0.1, -0.05) is 13.3 Å². The molecule has 15 heavy (non-hydrogen) atoms. The second-order valence-electron chi connectivity index (χ2n) is 3.41. The molecule has 0 spiro atoms. The number of unbranched alkanes of at least 4 members (excludes halogenated alkanes) is 1. The zero-order valence-corrected chi connectivity index (χ0v) is 10.9. The van der Waals surface area contributed by atoms with E-state index in [1.54, 1.807) is 7.05 Å². The van der Waals surface area contributed by atoms with Gasteiger partial charge in [-0.15, -0.1) is 11.3 Å². The maximum Gasteiger partial charge on any atom is 0.236 e. The van der Waals surface area contributed by atoms with Crippen molar-refractivity contribution in [3.63, 3.8) is 0 Å². The van der Waals surface area contributed by atoms with Crippen LogP contribution in [0.3, 0.4) is 0 Å². The van der Waals surface area contributed by atoms with Crippen LogP contribution < -0.4 is 4.31 Å². The summed E-state index contributed by atoms with van der Waals surface area (Å²) in [5.74, 6) is 0.193. The van der Waals surface area contributed by atoms with Crippen LogP contribution >= 0.6 is 11.3 Å². The van der Waals surface area contributed by atoms with Gasteiger partial charge in [-0.25, -0.2) is 17.7 Å². The van der Waals surface area contributed by atoms with Crippen molar-refractivity contribution in [2.45, 2.75) is 26.7 Å². The molecule has 1 aromatic rings. The molecule has 0 fully saturated rings. The van der Waals surface area contributed by atoms with Crippen LogP contribution in [0, 0.1) is 6.92 Å². The monoisotopic (exact) mass is 248 g/mol. The summed E-state index contributed by atoms with van der Waals surface area (Å²) in [6.07, 6.45) is 1.57. The van der Waals surface area contributed by atoms with Crippen molar-refractivity contribution in [3.8, 4) is 0 Å². The smallest absolute Gasteiger partial charge is 0.236 e. The van der Waals surface area contributed by atoms with Crippen LogP contribution in [-0.4, -0.2) is 26.2 Å². The van der Waals surface area contributed by atoms with E-state index < -0.39 is 10.0 Å².